The molecule has 0 bridgehead atoms. The first-order valence-electron chi connectivity index (χ1n) is 5.02. The minimum atomic E-state index is -0.789. The number of carbonyl (C=O) groups is 1. The minimum Gasteiger partial charge on any atom is -0.481 e. The smallest absolute Gasteiger partial charge is 0.306 e. The lowest BCUT2D eigenvalue weighted by Crippen LogP contribution is -2.23. The lowest BCUT2D eigenvalue weighted by Gasteiger charge is -2.19. The van der Waals surface area contributed by atoms with Crippen LogP contribution >= 0.6 is 0 Å². The van der Waals surface area contributed by atoms with E-state index in [0.717, 1.165) is 6.42 Å². The summed E-state index contributed by atoms with van der Waals surface area (Å²) in [6.45, 7) is 3.90. The third-order valence-electron chi connectivity index (χ3n) is 2.21. The fourth-order valence-corrected chi connectivity index (χ4v) is 1.28. The molecule has 4 N–H and O–H groups in total. The molecule has 0 fully saturated rings. The summed E-state index contributed by atoms with van der Waals surface area (Å²) in [7, 11) is 0. The third kappa shape index (κ3) is 6.86. The van der Waals surface area contributed by atoms with Crippen LogP contribution < -0.4 is 5.73 Å². The van der Waals surface area contributed by atoms with Gasteiger partial charge in [-0.25, -0.2) is 0 Å². The van der Waals surface area contributed by atoms with Crippen molar-refractivity contribution in [3.63, 3.8) is 0 Å². The molecule has 0 radical (unpaired) electrons. The van der Waals surface area contributed by atoms with E-state index in [1.54, 1.807) is 13.8 Å². The van der Waals surface area contributed by atoms with Crippen LogP contribution in [0.5, 0.6) is 0 Å². The van der Waals surface area contributed by atoms with Crippen molar-refractivity contribution in [3.8, 4) is 0 Å². The summed E-state index contributed by atoms with van der Waals surface area (Å²) in [5.74, 6) is -1.16. The summed E-state index contributed by atoms with van der Waals surface area (Å²) in [4.78, 5) is 10.8. The van der Waals surface area contributed by atoms with Gasteiger partial charge in [-0.05, 0) is 46.1 Å². The number of hydrogen-bond donors (Lipinski definition) is 3. The molecule has 0 aromatic heterocycles. The molecule has 0 aromatic rings. The first kappa shape index (κ1) is 13.4. The van der Waals surface area contributed by atoms with Gasteiger partial charge in [0.25, 0.3) is 0 Å². The molecule has 0 heterocycles. The van der Waals surface area contributed by atoms with Gasteiger partial charge in [-0.3, -0.25) is 4.79 Å². The molecule has 0 amide bonds. The van der Waals surface area contributed by atoms with Gasteiger partial charge >= 0.3 is 5.97 Å². The van der Waals surface area contributed by atoms with Crippen LogP contribution in [-0.2, 0) is 4.79 Å². The van der Waals surface area contributed by atoms with Gasteiger partial charge in [0.2, 0.25) is 0 Å². The molecule has 4 heteroatoms. The first-order chi connectivity index (χ1) is 6.37. The topological polar surface area (TPSA) is 83.5 Å². The molecule has 0 spiro atoms. The standard InChI is InChI=1S/C10H21NO3/c1-10(2,14)6-5-8(9(12)13)4-3-7-11/h8,14H,3-7,11H2,1-2H3,(H,12,13). The van der Waals surface area contributed by atoms with Crippen molar-refractivity contribution in [2.24, 2.45) is 11.7 Å². The molecular weight excluding hydrogens is 182 g/mol. The molecule has 0 rings (SSSR count). The number of nitrogens with two attached hydrogens (primary N) is 1. The summed E-state index contributed by atoms with van der Waals surface area (Å²) in [5.41, 5.74) is 4.54. The van der Waals surface area contributed by atoms with E-state index in [1.807, 2.05) is 0 Å². The Bertz CT molecular complexity index is 175. The Kier molecular flexibility index (Phi) is 5.72. The SMILES string of the molecule is CC(C)(O)CCC(CCCN)C(=O)O. The molecule has 14 heavy (non-hydrogen) atoms. The van der Waals surface area contributed by atoms with Crippen LogP contribution in [0.3, 0.4) is 0 Å². The van der Waals surface area contributed by atoms with Crippen LogP contribution in [0.2, 0.25) is 0 Å². The van der Waals surface area contributed by atoms with E-state index < -0.39 is 11.6 Å². The lowest BCUT2D eigenvalue weighted by molar-refractivity contribution is -0.142. The Balaban J connectivity index is 3.91. The van der Waals surface area contributed by atoms with E-state index in [2.05, 4.69) is 0 Å². The fourth-order valence-electron chi connectivity index (χ4n) is 1.28. The number of aliphatic hydroxyl groups is 1. The van der Waals surface area contributed by atoms with Crippen LogP contribution in [0.1, 0.15) is 39.5 Å². The van der Waals surface area contributed by atoms with Crippen molar-refractivity contribution in [1.82, 2.24) is 0 Å². The Labute approximate surface area is 85.1 Å². The van der Waals surface area contributed by atoms with Gasteiger partial charge in [0.1, 0.15) is 0 Å². The number of hydrogen-bond acceptors (Lipinski definition) is 3. The average Bonchev–Trinajstić information content (AvgIpc) is 2.01. The van der Waals surface area contributed by atoms with E-state index in [9.17, 15) is 9.90 Å². The summed E-state index contributed by atoms with van der Waals surface area (Å²) in [5, 5.41) is 18.3. The second-order valence-corrected chi connectivity index (χ2v) is 4.32. The van der Waals surface area contributed by atoms with Crippen LogP contribution in [0.15, 0.2) is 0 Å². The van der Waals surface area contributed by atoms with Gasteiger partial charge in [-0.15, -0.1) is 0 Å². The second kappa shape index (κ2) is 5.98. The average molecular weight is 203 g/mol. The number of aliphatic carboxylic acids is 1. The molecule has 84 valence electrons. The van der Waals surface area contributed by atoms with Gasteiger partial charge in [-0.1, -0.05) is 0 Å². The van der Waals surface area contributed by atoms with Gasteiger partial charge in [0.05, 0.1) is 11.5 Å². The molecular formula is C10H21NO3. The van der Waals surface area contributed by atoms with Crippen molar-refractivity contribution >= 4 is 5.97 Å². The summed E-state index contributed by atoms with van der Waals surface area (Å²) in [6.07, 6.45) is 2.35. The maximum absolute atomic E-state index is 10.8. The highest BCUT2D eigenvalue weighted by atomic mass is 16.4. The quantitative estimate of drug-likeness (QED) is 0.576. The van der Waals surface area contributed by atoms with Crippen LogP contribution in [0, 0.1) is 5.92 Å². The van der Waals surface area contributed by atoms with E-state index in [-0.39, 0.29) is 5.92 Å². The largest absolute Gasteiger partial charge is 0.481 e. The number of rotatable bonds is 7. The van der Waals surface area contributed by atoms with E-state index >= 15 is 0 Å². The van der Waals surface area contributed by atoms with Crippen LogP contribution in [0.25, 0.3) is 0 Å². The van der Waals surface area contributed by atoms with Crippen LogP contribution in [0.4, 0.5) is 0 Å². The minimum absolute atomic E-state index is 0.370. The Morgan fingerprint density at radius 1 is 1.43 bits per heavy atom. The van der Waals surface area contributed by atoms with Crippen molar-refractivity contribution in [3.05, 3.63) is 0 Å². The fraction of sp³-hybridized carbons (Fsp3) is 0.900. The van der Waals surface area contributed by atoms with E-state index in [4.69, 9.17) is 10.8 Å². The molecule has 1 unspecified atom stereocenters. The zero-order valence-corrected chi connectivity index (χ0v) is 8.99. The van der Waals surface area contributed by atoms with E-state index in [0.29, 0.717) is 25.8 Å². The molecule has 0 saturated heterocycles. The Morgan fingerprint density at radius 3 is 2.36 bits per heavy atom. The Hall–Kier alpha value is -0.610. The molecule has 0 aliphatic heterocycles. The first-order valence-corrected chi connectivity index (χ1v) is 5.02. The monoisotopic (exact) mass is 203 g/mol. The van der Waals surface area contributed by atoms with Gasteiger partial charge in [0.15, 0.2) is 0 Å². The predicted molar refractivity (Wildman–Crippen MR) is 54.9 cm³/mol. The Morgan fingerprint density at radius 2 is 2.00 bits per heavy atom. The van der Waals surface area contributed by atoms with Crippen LogP contribution in [-0.4, -0.2) is 28.3 Å². The molecule has 0 aliphatic carbocycles. The lowest BCUT2D eigenvalue weighted by atomic mass is 9.92. The van der Waals surface area contributed by atoms with Crippen molar-refractivity contribution < 1.29 is 15.0 Å². The molecule has 4 nitrogen and oxygen atoms in total. The summed E-state index contributed by atoms with van der Waals surface area (Å²) >= 11 is 0. The zero-order chi connectivity index (χ0) is 11.2. The zero-order valence-electron chi connectivity index (χ0n) is 8.99. The van der Waals surface area contributed by atoms with Gasteiger partial charge in [0, 0.05) is 0 Å². The highest BCUT2D eigenvalue weighted by Crippen LogP contribution is 2.19. The van der Waals surface area contributed by atoms with Crippen molar-refractivity contribution in [2.75, 3.05) is 6.54 Å². The third-order valence-corrected chi connectivity index (χ3v) is 2.21. The normalized spacial score (nSPS) is 14.0. The number of carboxylic acids is 1. The van der Waals surface area contributed by atoms with E-state index in [1.165, 1.54) is 0 Å². The molecule has 0 aliphatic rings. The molecule has 0 saturated carbocycles. The summed E-state index contributed by atoms with van der Waals surface area (Å²) < 4.78 is 0. The highest BCUT2D eigenvalue weighted by Gasteiger charge is 2.21. The second-order valence-electron chi connectivity index (χ2n) is 4.32. The van der Waals surface area contributed by atoms with Gasteiger partial charge < -0.3 is 15.9 Å². The van der Waals surface area contributed by atoms with Crippen molar-refractivity contribution in [2.45, 2.75) is 45.1 Å². The summed E-state index contributed by atoms with van der Waals surface area (Å²) in [6, 6.07) is 0. The van der Waals surface area contributed by atoms with Crippen molar-refractivity contribution in [1.29, 1.82) is 0 Å². The molecule has 0 aromatic carbocycles. The molecule has 1 atom stereocenters. The number of carboxylic acid groups (broad SMARTS) is 1. The predicted octanol–water partition coefficient (Wildman–Crippen LogP) is 0.977. The van der Waals surface area contributed by atoms with Gasteiger partial charge in [-0.2, -0.15) is 0 Å². The maximum atomic E-state index is 10.8. The highest BCUT2D eigenvalue weighted by molar-refractivity contribution is 5.69. The maximum Gasteiger partial charge on any atom is 0.306 e.